The van der Waals surface area contributed by atoms with Crippen molar-refractivity contribution in [2.24, 2.45) is 4.99 Å². The Labute approximate surface area is 195 Å². The number of hydrogen-bond acceptors (Lipinski definition) is 4. The van der Waals surface area contributed by atoms with Crippen molar-refractivity contribution in [1.82, 2.24) is 10.2 Å². The number of carbonyl (C=O) groups is 2. The van der Waals surface area contributed by atoms with E-state index < -0.39 is 5.97 Å². The van der Waals surface area contributed by atoms with Gasteiger partial charge < -0.3 is 15.3 Å². The van der Waals surface area contributed by atoms with E-state index in [0.717, 1.165) is 50.5 Å². The minimum absolute atomic E-state index is 0.373. The van der Waals surface area contributed by atoms with Crippen LogP contribution in [0.15, 0.2) is 29.3 Å². The Hall–Kier alpha value is -2.11. The fourth-order valence-corrected chi connectivity index (χ4v) is 3.88. The lowest BCUT2D eigenvalue weighted by molar-refractivity contribution is -0.131. The molecule has 1 aliphatic heterocycles. The first-order valence-electron chi connectivity index (χ1n) is 12.8. The van der Waals surface area contributed by atoms with E-state index in [9.17, 15) is 9.59 Å². The van der Waals surface area contributed by atoms with E-state index in [1.54, 1.807) is 0 Å². The predicted octanol–water partition coefficient (Wildman–Crippen LogP) is 5.50. The van der Waals surface area contributed by atoms with Gasteiger partial charge in [0.1, 0.15) is 0 Å². The lowest BCUT2D eigenvalue weighted by atomic mass is 10.1. The van der Waals surface area contributed by atoms with Gasteiger partial charge in [-0.2, -0.15) is 0 Å². The zero-order valence-corrected chi connectivity index (χ0v) is 20.2. The van der Waals surface area contributed by atoms with Crippen LogP contribution >= 0.6 is 0 Å². The summed E-state index contributed by atoms with van der Waals surface area (Å²) in [4.78, 5) is 28.8. The molecule has 0 fully saturated rings. The molecule has 0 atom stereocenters. The summed E-state index contributed by atoms with van der Waals surface area (Å²) in [5.41, 5.74) is 0. The van der Waals surface area contributed by atoms with Gasteiger partial charge in [0.05, 0.1) is 12.4 Å². The summed E-state index contributed by atoms with van der Waals surface area (Å²) in [6.45, 7) is 5.21. The van der Waals surface area contributed by atoms with Gasteiger partial charge in [-0.15, -0.1) is 0 Å². The van der Waals surface area contributed by atoms with Crippen molar-refractivity contribution >= 4 is 17.7 Å². The van der Waals surface area contributed by atoms with E-state index in [1.165, 1.54) is 77.0 Å². The molecule has 0 unspecified atom stereocenters. The maximum Gasteiger partial charge on any atom is 0.328 e. The lowest BCUT2D eigenvalue weighted by Gasteiger charge is -2.20. The number of carboxylic acid groups (broad SMARTS) is 1. The quantitative estimate of drug-likeness (QED) is 0.147. The summed E-state index contributed by atoms with van der Waals surface area (Å²) in [5, 5.41) is 11.2. The molecule has 1 rings (SSSR count). The van der Waals surface area contributed by atoms with Crippen LogP contribution < -0.4 is 5.32 Å². The third kappa shape index (κ3) is 15.7. The van der Waals surface area contributed by atoms with E-state index in [-0.39, 0.29) is 5.91 Å². The summed E-state index contributed by atoms with van der Waals surface area (Å²) in [6, 6.07) is 0. The molecule has 0 aromatic rings. The second kappa shape index (κ2) is 19.6. The summed E-state index contributed by atoms with van der Waals surface area (Å²) >= 11 is 0. The zero-order chi connectivity index (χ0) is 23.3. The van der Waals surface area contributed by atoms with Gasteiger partial charge >= 0.3 is 5.97 Å². The highest BCUT2D eigenvalue weighted by molar-refractivity contribution is 5.93. The fraction of sp³-hybridized carbons (Fsp3) is 0.731. The van der Waals surface area contributed by atoms with Crippen LogP contribution in [0.4, 0.5) is 0 Å². The van der Waals surface area contributed by atoms with Crippen LogP contribution in [0.5, 0.6) is 0 Å². The van der Waals surface area contributed by atoms with Crippen molar-refractivity contribution in [3.63, 3.8) is 0 Å². The monoisotopic (exact) mass is 447 g/mol. The molecule has 1 heterocycles. The number of nitrogens with one attached hydrogen (secondary N) is 1. The average Bonchev–Trinajstić information content (AvgIpc) is 3.22. The SMILES string of the molecule is CCCCCCCC/C=C/CCCCCCCC1=NCCN1CCNC(=O)/C=C\C(=O)O. The smallest absolute Gasteiger partial charge is 0.328 e. The Bertz CT molecular complexity index is 599. The second-order valence-electron chi connectivity index (χ2n) is 8.58. The summed E-state index contributed by atoms with van der Waals surface area (Å²) in [7, 11) is 0. The molecular weight excluding hydrogens is 402 g/mol. The molecule has 0 saturated heterocycles. The van der Waals surface area contributed by atoms with Gasteiger partial charge in [-0.25, -0.2) is 4.79 Å². The maximum atomic E-state index is 11.5. The zero-order valence-electron chi connectivity index (χ0n) is 20.2. The van der Waals surface area contributed by atoms with Crippen molar-refractivity contribution in [2.75, 3.05) is 26.2 Å². The minimum Gasteiger partial charge on any atom is -0.478 e. The van der Waals surface area contributed by atoms with Crippen LogP contribution in [0.2, 0.25) is 0 Å². The number of rotatable bonds is 20. The first-order valence-corrected chi connectivity index (χ1v) is 12.8. The molecule has 6 nitrogen and oxygen atoms in total. The van der Waals surface area contributed by atoms with Crippen LogP contribution in [0.3, 0.4) is 0 Å². The van der Waals surface area contributed by atoms with Crippen LogP contribution in [-0.4, -0.2) is 53.9 Å². The number of allylic oxidation sites excluding steroid dienone is 2. The van der Waals surface area contributed by atoms with Crippen LogP contribution in [-0.2, 0) is 9.59 Å². The maximum absolute atomic E-state index is 11.5. The largest absolute Gasteiger partial charge is 0.478 e. The van der Waals surface area contributed by atoms with Crippen LogP contribution in [0.1, 0.15) is 96.8 Å². The normalized spacial score (nSPS) is 13.9. The number of carbonyl (C=O) groups excluding carboxylic acids is 1. The Kier molecular flexibility index (Phi) is 17.1. The van der Waals surface area contributed by atoms with Gasteiger partial charge in [-0.3, -0.25) is 9.79 Å². The summed E-state index contributed by atoms with van der Waals surface area (Å²) < 4.78 is 0. The Morgan fingerprint density at radius 2 is 1.56 bits per heavy atom. The Morgan fingerprint density at radius 1 is 0.938 bits per heavy atom. The molecule has 2 N–H and O–H groups in total. The summed E-state index contributed by atoms with van der Waals surface area (Å²) in [6.07, 6.45) is 24.6. The standard InChI is InChI=1S/C26H45N3O3/c1-2-3-4-5-6-7-8-9-10-11-12-13-14-15-16-17-24-27-20-22-29(24)23-21-28-25(30)18-19-26(31)32/h9-10,18-19H,2-8,11-17,20-23H2,1H3,(H,28,30)(H,31,32)/b10-9+,19-18-. The van der Waals surface area contributed by atoms with Gasteiger partial charge in [0.15, 0.2) is 0 Å². The highest BCUT2D eigenvalue weighted by Crippen LogP contribution is 2.12. The predicted molar refractivity (Wildman–Crippen MR) is 133 cm³/mol. The fourth-order valence-electron chi connectivity index (χ4n) is 3.88. The minimum atomic E-state index is -1.12. The first kappa shape index (κ1) is 27.9. The number of carboxylic acids is 1. The molecule has 0 bridgehead atoms. The number of hydrogen-bond donors (Lipinski definition) is 2. The van der Waals surface area contributed by atoms with E-state index in [0.29, 0.717) is 6.54 Å². The number of aliphatic imine (C=N–C) groups is 1. The Morgan fingerprint density at radius 3 is 2.22 bits per heavy atom. The number of nitrogens with zero attached hydrogens (tertiary/aromatic N) is 2. The molecule has 0 aromatic heterocycles. The molecule has 0 saturated carbocycles. The van der Waals surface area contributed by atoms with E-state index in [4.69, 9.17) is 5.11 Å². The number of amides is 1. The molecule has 0 radical (unpaired) electrons. The number of unbranched alkanes of at least 4 members (excludes halogenated alkanes) is 11. The van der Waals surface area contributed by atoms with Gasteiger partial charge in [0.2, 0.25) is 5.91 Å². The van der Waals surface area contributed by atoms with Crippen molar-refractivity contribution < 1.29 is 14.7 Å². The van der Waals surface area contributed by atoms with Crippen LogP contribution in [0.25, 0.3) is 0 Å². The Balaban J connectivity index is 1.96. The van der Waals surface area contributed by atoms with E-state index in [1.807, 2.05) is 0 Å². The van der Waals surface area contributed by atoms with Gasteiger partial charge in [-0.05, 0) is 32.1 Å². The van der Waals surface area contributed by atoms with Crippen LogP contribution in [0, 0.1) is 0 Å². The summed E-state index contributed by atoms with van der Waals surface area (Å²) in [5.74, 6) is -0.339. The average molecular weight is 448 g/mol. The van der Waals surface area contributed by atoms with E-state index in [2.05, 4.69) is 34.3 Å². The molecule has 32 heavy (non-hydrogen) atoms. The molecular formula is C26H45N3O3. The molecule has 1 amide bonds. The molecule has 0 aromatic carbocycles. The molecule has 1 aliphatic rings. The molecule has 6 heteroatoms. The highest BCUT2D eigenvalue weighted by atomic mass is 16.4. The van der Waals surface area contributed by atoms with Gasteiger partial charge in [0, 0.05) is 38.2 Å². The highest BCUT2D eigenvalue weighted by Gasteiger charge is 2.15. The van der Waals surface area contributed by atoms with Crippen molar-refractivity contribution in [3.8, 4) is 0 Å². The molecule has 182 valence electrons. The van der Waals surface area contributed by atoms with E-state index >= 15 is 0 Å². The first-order chi connectivity index (χ1) is 15.6. The third-order valence-corrected chi connectivity index (χ3v) is 5.75. The molecule has 0 aliphatic carbocycles. The molecule has 0 spiro atoms. The van der Waals surface area contributed by atoms with Crippen molar-refractivity contribution in [1.29, 1.82) is 0 Å². The topological polar surface area (TPSA) is 82.0 Å². The second-order valence-corrected chi connectivity index (χ2v) is 8.58. The number of aliphatic carboxylic acids is 1. The van der Waals surface area contributed by atoms with Gasteiger partial charge in [0.25, 0.3) is 0 Å². The third-order valence-electron chi connectivity index (χ3n) is 5.75. The van der Waals surface area contributed by atoms with Crippen molar-refractivity contribution in [2.45, 2.75) is 96.8 Å². The van der Waals surface area contributed by atoms with Gasteiger partial charge in [-0.1, -0.05) is 70.4 Å². The lowest BCUT2D eigenvalue weighted by Crippen LogP contribution is -2.36. The van der Waals surface area contributed by atoms with Crippen molar-refractivity contribution in [3.05, 3.63) is 24.3 Å². The number of amidine groups is 1.